The maximum Gasteiger partial charge on any atom is 0.348 e. The molecule has 1 spiro atoms. The minimum atomic E-state index is -1.07. The number of ether oxygens (including phenoxy) is 6. The molecular formula is C51H58N2O13. The molecule has 0 unspecified atom stereocenters. The molecule has 2 amide bonds. The van der Waals surface area contributed by atoms with E-state index in [1.807, 2.05) is 54.6 Å². The van der Waals surface area contributed by atoms with Crippen LogP contribution in [0.2, 0.25) is 0 Å². The van der Waals surface area contributed by atoms with Crippen LogP contribution in [0.5, 0.6) is 0 Å². The molecule has 0 bridgehead atoms. The second kappa shape index (κ2) is 19.7. The van der Waals surface area contributed by atoms with Crippen LogP contribution >= 0.6 is 0 Å². The SMILES string of the molecule is CN(C(=O)C1=C[C@H]2OC3(Cc4ccccc4C3)O[C@H]2[C@H](OC(=O)c2cccc(C=CC(=O)O[C@H]3C(=O)OCC3(C)C)c2)C1)[C@H](Cc1ccccc1)C(=O)N[C@H](CO)CCC(=O)OC(C)(C)C. The van der Waals surface area contributed by atoms with E-state index in [9.17, 15) is 33.9 Å². The number of aliphatic hydroxyl groups excluding tert-OH is 1. The number of nitrogens with zero attached hydrogens (tertiary/aromatic N) is 1. The number of nitrogens with one attached hydrogen (secondary N) is 1. The Labute approximate surface area is 384 Å². The molecule has 350 valence electrons. The van der Waals surface area contributed by atoms with Crippen molar-refractivity contribution in [2.45, 2.75) is 121 Å². The molecule has 2 fully saturated rings. The molecule has 0 aromatic heterocycles. The average molecular weight is 907 g/mol. The third-order valence-corrected chi connectivity index (χ3v) is 12.1. The van der Waals surface area contributed by atoms with Gasteiger partial charge in [0.25, 0.3) is 0 Å². The van der Waals surface area contributed by atoms with Crippen LogP contribution in [0.1, 0.15) is 86.5 Å². The van der Waals surface area contributed by atoms with Crippen LogP contribution in [0.3, 0.4) is 0 Å². The number of amides is 2. The third kappa shape index (κ3) is 11.4. The van der Waals surface area contributed by atoms with E-state index in [-0.39, 0.29) is 43.4 Å². The van der Waals surface area contributed by atoms with Gasteiger partial charge in [0.1, 0.15) is 36.6 Å². The summed E-state index contributed by atoms with van der Waals surface area (Å²) in [5.41, 5.74) is 2.41. The number of esters is 4. The number of likely N-dealkylation sites (N-methyl/N-ethyl adjacent to an activating group) is 1. The topological polar surface area (TPSA) is 193 Å². The van der Waals surface area contributed by atoms with Crippen molar-refractivity contribution < 1.29 is 62.3 Å². The summed E-state index contributed by atoms with van der Waals surface area (Å²) in [4.78, 5) is 81.6. The van der Waals surface area contributed by atoms with Crippen LogP contribution in [-0.2, 0) is 71.7 Å². The summed E-state index contributed by atoms with van der Waals surface area (Å²) in [5.74, 6) is -4.65. The lowest BCUT2D eigenvalue weighted by Gasteiger charge is -2.34. The Morgan fingerprint density at radius 1 is 0.939 bits per heavy atom. The lowest BCUT2D eigenvalue weighted by molar-refractivity contribution is -0.172. The second-order valence-electron chi connectivity index (χ2n) is 19.0. The molecule has 2 saturated heterocycles. The first-order chi connectivity index (χ1) is 31.3. The molecule has 7 rings (SSSR count). The molecule has 3 aromatic carbocycles. The first-order valence-electron chi connectivity index (χ1n) is 22.3. The van der Waals surface area contributed by atoms with Crippen molar-refractivity contribution in [2.24, 2.45) is 5.41 Å². The predicted molar refractivity (Wildman–Crippen MR) is 239 cm³/mol. The van der Waals surface area contributed by atoms with E-state index >= 15 is 0 Å². The normalized spacial score (nSPS) is 22.3. The Bertz CT molecular complexity index is 2360. The van der Waals surface area contributed by atoms with E-state index < -0.39 is 95.6 Å². The van der Waals surface area contributed by atoms with Crippen LogP contribution < -0.4 is 5.32 Å². The minimum absolute atomic E-state index is 0.0426. The van der Waals surface area contributed by atoms with Crippen LogP contribution in [0.4, 0.5) is 0 Å². The Balaban J connectivity index is 1.10. The van der Waals surface area contributed by atoms with Gasteiger partial charge in [0.15, 0.2) is 5.79 Å². The van der Waals surface area contributed by atoms with Gasteiger partial charge in [0, 0.05) is 56.2 Å². The zero-order chi connectivity index (χ0) is 47.4. The average Bonchev–Trinajstić information content (AvgIpc) is 3.92. The highest BCUT2D eigenvalue weighted by atomic mass is 16.8. The lowest BCUT2D eigenvalue weighted by Crippen LogP contribution is -2.53. The number of carbonyl (C=O) groups is 6. The summed E-state index contributed by atoms with van der Waals surface area (Å²) >= 11 is 0. The molecule has 4 aliphatic rings. The molecule has 2 aliphatic carbocycles. The van der Waals surface area contributed by atoms with Crippen molar-refractivity contribution >= 4 is 41.8 Å². The highest BCUT2D eigenvalue weighted by Gasteiger charge is 2.55. The molecule has 66 heavy (non-hydrogen) atoms. The van der Waals surface area contributed by atoms with Crippen molar-refractivity contribution in [3.63, 3.8) is 0 Å². The van der Waals surface area contributed by atoms with Gasteiger partial charge in [-0.2, -0.15) is 0 Å². The highest BCUT2D eigenvalue weighted by molar-refractivity contribution is 5.98. The van der Waals surface area contributed by atoms with Crippen LogP contribution in [0, 0.1) is 5.41 Å². The molecule has 2 N–H and O–H groups in total. The molecule has 6 atom stereocenters. The van der Waals surface area contributed by atoms with E-state index in [1.165, 1.54) is 30.2 Å². The standard InChI is InChI=1S/C51H58N2O13/c1-49(2,3)65-42(56)22-20-37(29-54)52-45(57)38(24-31-13-8-7-9-14-31)53(6)46(58)36-25-39(43-40(26-36)64-51(66-43)27-34-16-10-11-17-35(34)28-51)62-47(59)33-18-12-15-32(23-33)19-21-41(55)63-44-48(60)61-30-50(44,4)5/h7-19,21,23,26,37-40,43-44,54H,20,22,24-25,27-30H2,1-6H3,(H,52,57)/t37-,38+,39+,40+,43-,44-/m0/s1. The fraction of sp³-hybridized carbons (Fsp3) is 0.451. The highest BCUT2D eigenvalue weighted by Crippen LogP contribution is 2.45. The lowest BCUT2D eigenvalue weighted by atomic mass is 9.90. The summed E-state index contributed by atoms with van der Waals surface area (Å²) < 4.78 is 35.5. The Morgan fingerprint density at radius 2 is 1.64 bits per heavy atom. The van der Waals surface area contributed by atoms with Gasteiger partial charge in [0.05, 0.1) is 18.2 Å². The Morgan fingerprint density at radius 3 is 2.29 bits per heavy atom. The number of hydrogen-bond acceptors (Lipinski definition) is 13. The molecular weight excluding hydrogens is 849 g/mol. The fourth-order valence-corrected chi connectivity index (χ4v) is 8.68. The van der Waals surface area contributed by atoms with Crippen molar-refractivity contribution in [3.05, 3.63) is 124 Å². The number of carbonyl (C=O) groups excluding carboxylic acids is 6. The van der Waals surface area contributed by atoms with Crippen LogP contribution in [0.25, 0.3) is 6.08 Å². The maximum absolute atomic E-state index is 14.7. The Hall–Kier alpha value is -6.16. The summed E-state index contributed by atoms with van der Waals surface area (Å²) in [6.45, 7) is 8.48. The van der Waals surface area contributed by atoms with Crippen molar-refractivity contribution in [2.75, 3.05) is 20.3 Å². The van der Waals surface area contributed by atoms with E-state index in [1.54, 1.807) is 58.9 Å². The van der Waals surface area contributed by atoms with E-state index in [2.05, 4.69) is 5.32 Å². The van der Waals surface area contributed by atoms with Gasteiger partial charge >= 0.3 is 23.9 Å². The van der Waals surface area contributed by atoms with Gasteiger partial charge in [-0.3, -0.25) is 14.4 Å². The van der Waals surface area contributed by atoms with Gasteiger partial charge in [0.2, 0.25) is 17.9 Å². The molecule has 0 saturated carbocycles. The van der Waals surface area contributed by atoms with Gasteiger partial charge in [-0.15, -0.1) is 0 Å². The summed E-state index contributed by atoms with van der Waals surface area (Å²) in [6.07, 6.45) is 1.71. The molecule has 15 heteroatoms. The number of rotatable bonds is 15. The monoisotopic (exact) mass is 906 g/mol. The zero-order valence-corrected chi connectivity index (χ0v) is 38.2. The first kappa shape index (κ1) is 47.8. The van der Waals surface area contributed by atoms with E-state index in [4.69, 9.17) is 28.4 Å². The second-order valence-corrected chi connectivity index (χ2v) is 19.0. The van der Waals surface area contributed by atoms with Gasteiger partial charge < -0.3 is 43.7 Å². The van der Waals surface area contributed by atoms with E-state index in [0.717, 1.165) is 16.7 Å². The zero-order valence-electron chi connectivity index (χ0n) is 38.2. The van der Waals surface area contributed by atoms with E-state index in [0.29, 0.717) is 18.4 Å². The quantitative estimate of drug-likeness (QED) is 0.118. The Kier molecular flexibility index (Phi) is 14.3. The largest absolute Gasteiger partial charge is 0.462 e. The van der Waals surface area contributed by atoms with Crippen LogP contribution in [-0.4, -0.2) is 114 Å². The number of cyclic esters (lactones) is 1. The summed E-state index contributed by atoms with van der Waals surface area (Å²) in [6, 6.07) is 21.7. The number of hydrogen-bond donors (Lipinski definition) is 2. The van der Waals surface area contributed by atoms with Gasteiger partial charge in [-0.1, -0.05) is 80.6 Å². The summed E-state index contributed by atoms with van der Waals surface area (Å²) in [7, 11) is 1.52. The van der Waals surface area contributed by atoms with Crippen molar-refractivity contribution in [1.29, 1.82) is 0 Å². The fourth-order valence-electron chi connectivity index (χ4n) is 8.68. The maximum atomic E-state index is 14.7. The number of aliphatic hydroxyl groups is 1. The molecule has 2 aliphatic heterocycles. The van der Waals surface area contributed by atoms with Crippen LogP contribution in [0.15, 0.2) is 96.6 Å². The molecule has 3 aromatic rings. The van der Waals surface area contributed by atoms with Gasteiger partial charge in [-0.25, -0.2) is 14.4 Å². The third-order valence-electron chi connectivity index (χ3n) is 12.1. The predicted octanol–water partition coefficient (Wildman–Crippen LogP) is 5.00. The molecule has 2 heterocycles. The summed E-state index contributed by atoms with van der Waals surface area (Å²) in [5, 5.41) is 13.1. The molecule has 15 nitrogen and oxygen atoms in total. The first-order valence-corrected chi connectivity index (χ1v) is 22.3. The molecule has 0 radical (unpaired) electrons. The smallest absolute Gasteiger partial charge is 0.348 e. The van der Waals surface area contributed by atoms with Gasteiger partial charge in [-0.05, 0) is 73.7 Å². The number of fused-ring (bicyclic) bond motifs is 2. The van der Waals surface area contributed by atoms with Crippen molar-refractivity contribution in [1.82, 2.24) is 10.2 Å². The number of benzene rings is 3. The van der Waals surface area contributed by atoms with Crippen molar-refractivity contribution in [3.8, 4) is 0 Å². The minimum Gasteiger partial charge on any atom is -0.462 e.